The SMILES string of the molecule is CCc1nn(C)c(CC(NN)C2(CC)CCCC2)c1Br. The van der Waals surface area contributed by atoms with Crippen molar-refractivity contribution < 1.29 is 0 Å². The zero-order valence-corrected chi connectivity index (χ0v) is 14.5. The molecule has 114 valence electrons. The van der Waals surface area contributed by atoms with Gasteiger partial charge in [-0.1, -0.05) is 26.7 Å². The first-order valence-corrected chi connectivity index (χ1v) is 8.53. The Bertz CT molecular complexity index is 449. The molecule has 2 rings (SSSR count). The van der Waals surface area contributed by atoms with Gasteiger partial charge in [-0.25, -0.2) is 0 Å². The van der Waals surface area contributed by atoms with E-state index in [0.29, 0.717) is 11.5 Å². The number of aromatic nitrogens is 2. The molecule has 3 N–H and O–H groups in total. The molecule has 1 heterocycles. The fourth-order valence-corrected chi connectivity index (χ4v) is 4.49. The lowest BCUT2D eigenvalue weighted by atomic mass is 9.74. The van der Waals surface area contributed by atoms with Crippen molar-refractivity contribution in [1.29, 1.82) is 0 Å². The Morgan fingerprint density at radius 1 is 1.40 bits per heavy atom. The lowest BCUT2D eigenvalue weighted by Crippen LogP contribution is -2.48. The molecule has 0 bridgehead atoms. The number of halogens is 1. The number of nitrogens with zero attached hydrogens (tertiary/aromatic N) is 2. The van der Waals surface area contributed by atoms with Gasteiger partial charge in [-0.15, -0.1) is 0 Å². The van der Waals surface area contributed by atoms with Crippen molar-refractivity contribution in [1.82, 2.24) is 15.2 Å². The van der Waals surface area contributed by atoms with Gasteiger partial charge in [0.05, 0.1) is 15.9 Å². The summed E-state index contributed by atoms with van der Waals surface area (Å²) in [5.41, 5.74) is 5.84. The van der Waals surface area contributed by atoms with Gasteiger partial charge < -0.3 is 0 Å². The van der Waals surface area contributed by atoms with E-state index in [1.165, 1.54) is 37.8 Å². The molecule has 1 aromatic heterocycles. The molecule has 0 amide bonds. The summed E-state index contributed by atoms with van der Waals surface area (Å²) in [5.74, 6) is 5.91. The van der Waals surface area contributed by atoms with Crippen LogP contribution in [0.4, 0.5) is 0 Å². The Morgan fingerprint density at radius 3 is 2.50 bits per heavy atom. The largest absolute Gasteiger partial charge is 0.271 e. The van der Waals surface area contributed by atoms with Crippen molar-refractivity contribution in [3.8, 4) is 0 Å². The van der Waals surface area contributed by atoms with Crippen LogP contribution in [0.5, 0.6) is 0 Å². The highest BCUT2D eigenvalue weighted by Gasteiger charge is 2.40. The van der Waals surface area contributed by atoms with Gasteiger partial charge in [0.2, 0.25) is 0 Å². The molecule has 4 nitrogen and oxygen atoms in total. The molecule has 0 aromatic carbocycles. The van der Waals surface area contributed by atoms with E-state index < -0.39 is 0 Å². The highest BCUT2D eigenvalue weighted by atomic mass is 79.9. The summed E-state index contributed by atoms with van der Waals surface area (Å²) < 4.78 is 3.16. The third-order valence-corrected chi connectivity index (χ3v) is 6.06. The Morgan fingerprint density at radius 2 is 2.05 bits per heavy atom. The highest BCUT2D eigenvalue weighted by Crippen LogP contribution is 2.45. The van der Waals surface area contributed by atoms with Crippen LogP contribution in [0.25, 0.3) is 0 Å². The molecule has 1 aromatic rings. The van der Waals surface area contributed by atoms with Crippen molar-refractivity contribution >= 4 is 15.9 Å². The van der Waals surface area contributed by atoms with Crippen molar-refractivity contribution in [2.45, 2.75) is 64.8 Å². The summed E-state index contributed by atoms with van der Waals surface area (Å²) in [6, 6.07) is 0.325. The molecule has 0 aliphatic heterocycles. The van der Waals surface area contributed by atoms with E-state index in [9.17, 15) is 0 Å². The van der Waals surface area contributed by atoms with Crippen molar-refractivity contribution in [2.24, 2.45) is 18.3 Å². The van der Waals surface area contributed by atoms with Gasteiger partial charge in [0.25, 0.3) is 0 Å². The second-order valence-electron chi connectivity index (χ2n) is 6.03. The molecule has 1 aliphatic carbocycles. The number of nitrogens with one attached hydrogen (secondary N) is 1. The molecule has 5 heteroatoms. The molecule has 0 radical (unpaired) electrons. The summed E-state index contributed by atoms with van der Waals surface area (Å²) in [5, 5.41) is 4.59. The van der Waals surface area contributed by atoms with Crippen LogP contribution in [-0.2, 0) is 19.9 Å². The predicted octanol–water partition coefficient (Wildman–Crippen LogP) is 3.09. The molecule has 1 atom stereocenters. The number of nitrogens with two attached hydrogens (primary N) is 1. The van der Waals surface area contributed by atoms with E-state index >= 15 is 0 Å². The van der Waals surface area contributed by atoms with Crippen LogP contribution in [0.2, 0.25) is 0 Å². The van der Waals surface area contributed by atoms with Crippen LogP contribution in [0.3, 0.4) is 0 Å². The van der Waals surface area contributed by atoms with E-state index in [1.54, 1.807) is 0 Å². The monoisotopic (exact) mass is 342 g/mol. The minimum Gasteiger partial charge on any atom is -0.271 e. The maximum absolute atomic E-state index is 5.91. The van der Waals surface area contributed by atoms with Gasteiger partial charge in [-0.2, -0.15) is 5.10 Å². The number of rotatable bonds is 6. The molecule has 0 spiro atoms. The Balaban J connectivity index is 2.24. The maximum atomic E-state index is 5.91. The Hall–Kier alpha value is -0.390. The number of hydrogen-bond acceptors (Lipinski definition) is 3. The molecule has 1 saturated carbocycles. The zero-order valence-electron chi connectivity index (χ0n) is 12.9. The predicted molar refractivity (Wildman–Crippen MR) is 86.3 cm³/mol. The number of aryl methyl sites for hydroxylation is 2. The summed E-state index contributed by atoms with van der Waals surface area (Å²) in [6.07, 6.45) is 8.32. The van der Waals surface area contributed by atoms with Crippen LogP contribution in [0.15, 0.2) is 4.47 Å². The van der Waals surface area contributed by atoms with E-state index in [4.69, 9.17) is 5.84 Å². The van der Waals surface area contributed by atoms with Crippen LogP contribution < -0.4 is 11.3 Å². The molecule has 0 saturated heterocycles. The Labute approximate surface area is 130 Å². The van der Waals surface area contributed by atoms with Crippen LogP contribution in [0, 0.1) is 5.41 Å². The normalized spacial score (nSPS) is 19.4. The minimum atomic E-state index is 0.325. The minimum absolute atomic E-state index is 0.325. The first kappa shape index (κ1) is 16.0. The van der Waals surface area contributed by atoms with Crippen LogP contribution >= 0.6 is 15.9 Å². The average molecular weight is 343 g/mol. The second kappa shape index (κ2) is 6.58. The van der Waals surface area contributed by atoms with Crippen molar-refractivity contribution in [2.75, 3.05) is 0 Å². The first-order valence-electron chi connectivity index (χ1n) is 7.74. The third-order valence-electron chi connectivity index (χ3n) is 5.14. The first-order chi connectivity index (χ1) is 9.57. The quantitative estimate of drug-likeness (QED) is 0.616. The number of hydrazine groups is 1. The molecule has 1 unspecified atom stereocenters. The van der Waals surface area contributed by atoms with Crippen molar-refractivity contribution in [3.63, 3.8) is 0 Å². The number of hydrogen-bond donors (Lipinski definition) is 2. The fourth-order valence-electron chi connectivity index (χ4n) is 3.71. The standard InChI is InChI=1S/C15H27BrN4/c1-4-11-14(16)12(20(3)19-11)10-13(18-17)15(5-2)8-6-7-9-15/h13,18H,4-10,17H2,1-3H3. The zero-order chi connectivity index (χ0) is 14.8. The van der Waals surface area contributed by atoms with E-state index in [-0.39, 0.29) is 0 Å². The van der Waals surface area contributed by atoms with Crippen molar-refractivity contribution in [3.05, 3.63) is 15.9 Å². The summed E-state index contributed by atoms with van der Waals surface area (Å²) in [6.45, 7) is 4.44. The molecular weight excluding hydrogens is 316 g/mol. The molecule has 1 fully saturated rings. The van der Waals surface area contributed by atoms with Gasteiger partial charge in [0.15, 0.2) is 0 Å². The van der Waals surface area contributed by atoms with Gasteiger partial charge in [-0.3, -0.25) is 16.0 Å². The topological polar surface area (TPSA) is 55.9 Å². The Kier molecular flexibility index (Phi) is 5.26. The molecule has 20 heavy (non-hydrogen) atoms. The summed E-state index contributed by atoms with van der Waals surface area (Å²) >= 11 is 3.72. The lowest BCUT2D eigenvalue weighted by molar-refractivity contribution is 0.183. The maximum Gasteiger partial charge on any atom is 0.0766 e. The smallest absolute Gasteiger partial charge is 0.0766 e. The van der Waals surface area contributed by atoms with E-state index in [0.717, 1.165) is 23.0 Å². The highest BCUT2D eigenvalue weighted by molar-refractivity contribution is 9.10. The van der Waals surface area contributed by atoms with Crippen LogP contribution in [-0.4, -0.2) is 15.8 Å². The summed E-state index contributed by atoms with van der Waals surface area (Å²) in [7, 11) is 2.03. The average Bonchev–Trinajstić information content (AvgIpc) is 3.03. The van der Waals surface area contributed by atoms with Gasteiger partial charge in [0, 0.05) is 19.5 Å². The van der Waals surface area contributed by atoms with Crippen LogP contribution in [0.1, 0.15) is 57.3 Å². The van der Waals surface area contributed by atoms with Gasteiger partial charge in [0.1, 0.15) is 0 Å². The summed E-state index contributed by atoms with van der Waals surface area (Å²) in [4.78, 5) is 0. The van der Waals surface area contributed by atoms with Gasteiger partial charge in [-0.05, 0) is 47.0 Å². The third kappa shape index (κ3) is 2.81. The second-order valence-corrected chi connectivity index (χ2v) is 6.82. The lowest BCUT2D eigenvalue weighted by Gasteiger charge is -2.36. The van der Waals surface area contributed by atoms with E-state index in [1.807, 2.05) is 11.7 Å². The molecule has 1 aliphatic rings. The van der Waals surface area contributed by atoms with E-state index in [2.05, 4.69) is 40.3 Å². The molecular formula is C15H27BrN4. The fraction of sp³-hybridized carbons (Fsp3) is 0.800. The van der Waals surface area contributed by atoms with Gasteiger partial charge >= 0.3 is 0 Å².